The van der Waals surface area contributed by atoms with E-state index >= 15 is 0 Å². The summed E-state index contributed by atoms with van der Waals surface area (Å²) in [6.07, 6.45) is -1.15. The molecule has 0 fully saturated rings. The van der Waals surface area contributed by atoms with Crippen molar-refractivity contribution >= 4 is 15.9 Å². The second-order valence-corrected chi connectivity index (χ2v) is 6.53. The summed E-state index contributed by atoms with van der Waals surface area (Å²) in [6, 6.07) is 6.68. The Morgan fingerprint density at radius 1 is 1.04 bits per heavy atom. The summed E-state index contributed by atoms with van der Waals surface area (Å²) in [5.74, 6) is -3.35. The van der Waals surface area contributed by atoms with Crippen LogP contribution in [0.25, 0.3) is 0 Å². The maximum atomic E-state index is 13.5. The third kappa shape index (κ3) is 4.94. The number of halogens is 3. The fraction of sp³-hybridized carbons (Fsp3) is 0.133. The maximum Gasteiger partial charge on any atom is 0.275 e. The molecular formula is C15H13F3N2O4S. The average molecular weight is 374 g/mol. The highest BCUT2D eigenvalue weighted by Crippen LogP contribution is 2.15. The van der Waals surface area contributed by atoms with Crippen LogP contribution in [0.2, 0.25) is 0 Å². The number of amides is 1. The highest BCUT2D eigenvalue weighted by atomic mass is 32.2. The molecule has 134 valence electrons. The molecule has 6 nitrogen and oxygen atoms in total. The molecular weight excluding hydrogens is 361 g/mol. The van der Waals surface area contributed by atoms with Gasteiger partial charge in [-0.25, -0.2) is 21.6 Å². The number of benzene rings is 2. The highest BCUT2D eigenvalue weighted by Gasteiger charge is 2.22. The van der Waals surface area contributed by atoms with Gasteiger partial charge in [-0.05, 0) is 49.4 Å². The number of carbonyl (C=O) groups is 1. The smallest absolute Gasteiger partial charge is 0.275 e. The lowest BCUT2D eigenvalue weighted by Gasteiger charge is -2.15. The minimum Gasteiger partial charge on any atom is -0.481 e. The Bertz CT molecular complexity index is 873. The van der Waals surface area contributed by atoms with Crippen LogP contribution in [-0.2, 0) is 14.8 Å². The molecule has 2 aromatic carbocycles. The van der Waals surface area contributed by atoms with E-state index in [1.165, 1.54) is 19.1 Å². The number of ether oxygens (including phenoxy) is 1. The predicted octanol–water partition coefficient (Wildman–Crippen LogP) is 1.88. The van der Waals surface area contributed by atoms with Gasteiger partial charge in [-0.2, -0.15) is 0 Å². The molecule has 1 atom stereocenters. The van der Waals surface area contributed by atoms with Gasteiger partial charge in [-0.3, -0.25) is 10.2 Å². The van der Waals surface area contributed by atoms with E-state index in [0.29, 0.717) is 12.1 Å². The van der Waals surface area contributed by atoms with Gasteiger partial charge >= 0.3 is 0 Å². The SMILES string of the molecule is C[C@H](Oc1ccc(F)cc1)C(=O)NNS(=O)(=O)c1cc(F)ccc1F. The first-order valence-corrected chi connectivity index (χ1v) is 8.36. The van der Waals surface area contributed by atoms with Gasteiger partial charge in [0.25, 0.3) is 15.9 Å². The van der Waals surface area contributed by atoms with Crippen LogP contribution < -0.4 is 15.0 Å². The molecule has 0 bridgehead atoms. The van der Waals surface area contributed by atoms with Crippen molar-refractivity contribution < 1.29 is 31.1 Å². The zero-order chi connectivity index (χ0) is 18.6. The Hall–Kier alpha value is -2.59. The fourth-order valence-electron chi connectivity index (χ4n) is 1.73. The Labute approximate surface area is 141 Å². The minimum absolute atomic E-state index is 0.183. The molecule has 0 spiro atoms. The predicted molar refractivity (Wildman–Crippen MR) is 81.3 cm³/mol. The molecule has 2 rings (SSSR count). The molecule has 0 aliphatic carbocycles. The summed E-state index contributed by atoms with van der Waals surface area (Å²) in [6.45, 7) is 1.32. The van der Waals surface area contributed by atoms with E-state index in [0.717, 1.165) is 18.2 Å². The van der Waals surface area contributed by atoms with Crippen molar-refractivity contribution in [1.82, 2.24) is 10.3 Å². The number of hydrogen-bond donors (Lipinski definition) is 2. The quantitative estimate of drug-likeness (QED) is 0.757. The van der Waals surface area contributed by atoms with Crippen LogP contribution >= 0.6 is 0 Å². The summed E-state index contributed by atoms with van der Waals surface area (Å²) in [7, 11) is -4.52. The van der Waals surface area contributed by atoms with E-state index in [-0.39, 0.29) is 5.75 Å². The minimum atomic E-state index is -4.52. The number of rotatable bonds is 6. The van der Waals surface area contributed by atoms with Gasteiger partial charge in [0.05, 0.1) is 0 Å². The lowest BCUT2D eigenvalue weighted by molar-refractivity contribution is -0.127. The van der Waals surface area contributed by atoms with Crippen molar-refractivity contribution in [2.45, 2.75) is 17.9 Å². The second-order valence-electron chi connectivity index (χ2n) is 4.88. The van der Waals surface area contributed by atoms with Gasteiger partial charge in [0.15, 0.2) is 6.10 Å². The number of hydrazine groups is 1. The van der Waals surface area contributed by atoms with Crippen LogP contribution in [0.3, 0.4) is 0 Å². The van der Waals surface area contributed by atoms with E-state index in [9.17, 15) is 26.4 Å². The maximum absolute atomic E-state index is 13.5. The monoisotopic (exact) mass is 374 g/mol. The van der Waals surface area contributed by atoms with Crippen molar-refractivity contribution in [1.29, 1.82) is 0 Å². The molecule has 0 aliphatic rings. The molecule has 0 radical (unpaired) electrons. The number of carbonyl (C=O) groups excluding carboxylic acids is 1. The van der Waals surface area contributed by atoms with E-state index in [4.69, 9.17) is 4.74 Å². The molecule has 0 unspecified atom stereocenters. The van der Waals surface area contributed by atoms with E-state index in [1.807, 2.05) is 5.43 Å². The van der Waals surface area contributed by atoms with Crippen LogP contribution in [0.15, 0.2) is 47.4 Å². The zero-order valence-corrected chi connectivity index (χ0v) is 13.6. The molecule has 1 amide bonds. The van der Waals surface area contributed by atoms with Gasteiger partial charge in [0.2, 0.25) is 0 Å². The molecule has 0 aliphatic heterocycles. The second kappa shape index (κ2) is 7.53. The molecule has 0 saturated heterocycles. The lowest BCUT2D eigenvalue weighted by atomic mass is 10.3. The Balaban J connectivity index is 2.00. The van der Waals surface area contributed by atoms with E-state index < -0.39 is 44.4 Å². The van der Waals surface area contributed by atoms with Gasteiger partial charge in [-0.15, -0.1) is 4.83 Å². The molecule has 25 heavy (non-hydrogen) atoms. The van der Waals surface area contributed by atoms with Crippen LogP contribution in [0.4, 0.5) is 13.2 Å². The van der Waals surface area contributed by atoms with Crippen LogP contribution in [0, 0.1) is 17.5 Å². The van der Waals surface area contributed by atoms with Crippen LogP contribution in [0.5, 0.6) is 5.75 Å². The highest BCUT2D eigenvalue weighted by molar-refractivity contribution is 7.89. The number of sulfonamides is 1. The average Bonchev–Trinajstić information content (AvgIpc) is 2.56. The van der Waals surface area contributed by atoms with Crippen molar-refractivity contribution in [2.24, 2.45) is 0 Å². The molecule has 0 saturated carbocycles. The molecule has 0 heterocycles. The van der Waals surface area contributed by atoms with Gasteiger partial charge in [-0.1, -0.05) is 0 Å². The summed E-state index contributed by atoms with van der Waals surface area (Å²) in [5.41, 5.74) is 1.83. The third-order valence-corrected chi connectivity index (χ3v) is 4.25. The van der Waals surface area contributed by atoms with Gasteiger partial charge in [0, 0.05) is 0 Å². The van der Waals surface area contributed by atoms with Crippen molar-refractivity contribution in [3.05, 3.63) is 59.9 Å². The molecule has 10 heteroatoms. The lowest BCUT2D eigenvalue weighted by Crippen LogP contribution is -2.47. The molecule has 2 N–H and O–H groups in total. The first kappa shape index (κ1) is 18.7. The Morgan fingerprint density at radius 2 is 1.64 bits per heavy atom. The normalized spacial score (nSPS) is 12.5. The van der Waals surface area contributed by atoms with E-state index in [2.05, 4.69) is 0 Å². The van der Waals surface area contributed by atoms with Gasteiger partial charge in [0.1, 0.15) is 28.1 Å². The summed E-state index contributed by atoms with van der Waals surface area (Å²) >= 11 is 0. The van der Waals surface area contributed by atoms with Crippen LogP contribution in [0.1, 0.15) is 6.92 Å². The standard InChI is InChI=1S/C15H13F3N2O4S/c1-9(24-12-5-2-10(16)3-6-12)15(21)19-20-25(22,23)14-8-11(17)4-7-13(14)18/h2-9,20H,1H3,(H,19,21)/t9-/m0/s1. The van der Waals surface area contributed by atoms with Crippen molar-refractivity contribution in [3.8, 4) is 5.75 Å². The third-order valence-electron chi connectivity index (χ3n) is 2.99. The van der Waals surface area contributed by atoms with Crippen molar-refractivity contribution in [3.63, 3.8) is 0 Å². The first-order chi connectivity index (χ1) is 11.7. The summed E-state index contributed by atoms with van der Waals surface area (Å²) in [4.78, 5) is 12.5. The number of nitrogens with one attached hydrogen (secondary N) is 2. The summed E-state index contributed by atoms with van der Waals surface area (Å²) < 4.78 is 68.4. The summed E-state index contributed by atoms with van der Waals surface area (Å²) in [5, 5.41) is 0. The first-order valence-electron chi connectivity index (χ1n) is 6.88. The fourth-order valence-corrected chi connectivity index (χ4v) is 2.67. The Kier molecular flexibility index (Phi) is 5.65. The Morgan fingerprint density at radius 3 is 2.28 bits per heavy atom. The zero-order valence-electron chi connectivity index (χ0n) is 12.8. The van der Waals surface area contributed by atoms with Crippen LogP contribution in [-0.4, -0.2) is 20.4 Å². The van der Waals surface area contributed by atoms with Crippen molar-refractivity contribution in [2.75, 3.05) is 0 Å². The number of hydrogen-bond acceptors (Lipinski definition) is 4. The largest absolute Gasteiger partial charge is 0.481 e. The van der Waals surface area contributed by atoms with E-state index in [1.54, 1.807) is 4.83 Å². The van der Waals surface area contributed by atoms with Gasteiger partial charge < -0.3 is 4.74 Å². The topological polar surface area (TPSA) is 84.5 Å². The molecule has 0 aromatic heterocycles. The molecule has 2 aromatic rings.